The third-order valence-corrected chi connectivity index (χ3v) is 2.47. The molecule has 0 saturated carbocycles. The third kappa shape index (κ3) is 3.20. The van der Waals surface area contributed by atoms with E-state index in [9.17, 15) is 0 Å². The van der Waals surface area contributed by atoms with E-state index in [4.69, 9.17) is 4.42 Å². The minimum atomic E-state index is 0.0963. The Kier molecular flexibility index (Phi) is 4.73. The van der Waals surface area contributed by atoms with Gasteiger partial charge in [0.15, 0.2) is 0 Å². The highest BCUT2D eigenvalue weighted by Crippen LogP contribution is 2.17. The molecule has 0 spiro atoms. The first-order chi connectivity index (χ1) is 7.58. The monoisotopic (exact) mass is 226 g/mol. The van der Waals surface area contributed by atoms with Crippen LogP contribution in [0.25, 0.3) is 0 Å². The normalized spacial score (nSPS) is 13.1. The fraction of sp³-hybridized carbons (Fsp3) is 0.818. The summed E-state index contributed by atoms with van der Waals surface area (Å²) in [5.41, 5.74) is 0. The highest BCUT2D eigenvalue weighted by atomic mass is 16.4. The SMILES string of the molecule is CCN(CC(C)C)c1nnc(C(C)NC)o1. The van der Waals surface area contributed by atoms with Gasteiger partial charge in [-0.3, -0.25) is 0 Å². The Balaban J connectivity index is 2.74. The Morgan fingerprint density at radius 1 is 1.31 bits per heavy atom. The van der Waals surface area contributed by atoms with E-state index in [0.717, 1.165) is 13.1 Å². The maximum atomic E-state index is 5.63. The number of hydrogen-bond donors (Lipinski definition) is 1. The van der Waals surface area contributed by atoms with Gasteiger partial charge in [0.05, 0.1) is 6.04 Å². The van der Waals surface area contributed by atoms with E-state index in [1.54, 1.807) is 0 Å². The predicted molar refractivity (Wildman–Crippen MR) is 64.5 cm³/mol. The lowest BCUT2D eigenvalue weighted by Gasteiger charge is -2.19. The lowest BCUT2D eigenvalue weighted by Crippen LogP contribution is -2.27. The van der Waals surface area contributed by atoms with Crippen LogP contribution in [0.15, 0.2) is 4.42 Å². The molecule has 0 aromatic carbocycles. The van der Waals surface area contributed by atoms with Crippen LogP contribution in [0, 0.1) is 5.92 Å². The molecule has 0 aliphatic rings. The minimum Gasteiger partial charge on any atom is -0.406 e. The summed E-state index contributed by atoms with van der Waals surface area (Å²) in [5, 5.41) is 11.2. The maximum absolute atomic E-state index is 5.63. The zero-order valence-electron chi connectivity index (χ0n) is 10.8. The number of anilines is 1. The largest absolute Gasteiger partial charge is 0.406 e. The average molecular weight is 226 g/mol. The summed E-state index contributed by atoms with van der Waals surface area (Å²) in [7, 11) is 1.88. The van der Waals surface area contributed by atoms with Gasteiger partial charge in [0.1, 0.15) is 0 Å². The van der Waals surface area contributed by atoms with Crippen LogP contribution in [0.4, 0.5) is 6.01 Å². The van der Waals surface area contributed by atoms with Gasteiger partial charge in [0.25, 0.3) is 0 Å². The van der Waals surface area contributed by atoms with Crippen LogP contribution < -0.4 is 10.2 Å². The van der Waals surface area contributed by atoms with Crippen LogP contribution in [0.3, 0.4) is 0 Å². The van der Waals surface area contributed by atoms with Crippen molar-refractivity contribution in [1.82, 2.24) is 15.5 Å². The quantitative estimate of drug-likeness (QED) is 0.802. The van der Waals surface area contributed by atoms with Crippen molar-refractivity contribution < 1.29 is 4.42 Å². The van der Waals surface area contributed by atoms with Gasteiger partial charge in [-0.05, 0) is 26.8 Å². The Labute approximate surface area is 97.2 Å². The molecule has 0 saturated heterocycles. The number of hydrogen-bond acceptors (Lipinski definition) is 5. The van der Waals surface area contributed by atoms with Crippen molar-refractivity contribution in [3.05, 3.63) is 5.89 Å². The smallest absolute Gasteiger partial charge is 0.318 e. The molecule has 16 heavy (non-hydrogen) atoms. The molecule has 1 unspecified atom stereocenters. The molecule has 0 aliphatic carbocycles. The Bertz CT molecular complexity index is 311. The van der Waals surface area contributed by atoms with Crippen LogP contribution in [0.5, 0.6) is 0 Å². The molecule has 0 amide bonds. The van der Waals surface area contributed by atoms with Crippen molar-refractivity contribution in [3.8, 4) is 0 Å². The van der Waals surface area contributed by atoms with Gasteiger partial charge in [-0.2, -0.15) is 0 Å². The van der Waals surface area contributed by atoms with E-state index >= 15 is 0 Å². The second kappa shape index (κ2) is 5.84. The van der Waals surface area contributed by atoms with E-state index in [0.29, 0.717) is 17.8 Å². The molecule has 5 nitrogen and oxygen atoms in total. The van der Waals surface area contributed by atoms with Crippen molar-refractivity contribution in [2.75, 3.05) is 25.0 Å². The molecule has 5 heteroatoms. The topological polar surface area (TPSA) is 54.2 Å². The Morgan fingerprint density at radius 3 is 2.50 bits per heavy atom. The van der Waals surface area contributed by atoms with Crippen molar-refractivity contribution in [3.63, 3.8) is 0 Å². The van der Waals surface area contributed by atoms with Gasteiger partial charge in [-0.25, -0.2) is 0 Å². The van der Waals surface area contributed by atoms with Crippen LogP contribution in [-0.2, 0) is 0 Å². The molecular weight excluding hydrogens is 204 g/mol. The number of rotatable bonds is 6. The van der Waals surface area contributed by atoms with E-state index in [2.05, 4.69) is 41.2 Å². The van der Waals surface area contributed by atoms with E-state index in [-0.39, 0.29) is 6.04 Å². The summed E-state index contributed by atoms with van der Waals surface area (Å²) < 4.78 is 5.63. The van der Waals surface area contributed by atoms with E-state index in [1.165, 1.54) is 0 Å². The first-order valence-corrected chi connectivity index (χ1v) is 5.84. The second-order valence-electron chi connectivity index (χ2n) is 4.37. The molecule has 0 radical (unpaired) electrons. The third-order valence-electron chi connectivity index (χ3n) is 2.47. The fourth-order valence-corrected chi connectivity index (χ4v) is 1.44. The van der Waals surface area contributed by atoms with Gasteiger partial charge >= 0.3 is 6.01 Å². The van der Waals surface area contributed by atoms with Crippen molar-refractivity contribution >= 4 is 6.01 Å². The van der Waals surface area contributed by atoms with Crippen molar-refractivity contribution in [1.29, 1.82) is 0 Å². The highest BCUT2D eigenvalue weighted by molar-refractivity contribution is 5.23. The molecule has 0 fully saturated rings. The number of nitrogens with one attached hydrogen (secondary N) is 1. The van der Waals surface area contributed by atoms with Crippen LogP contribution in [-0.4, -0.2) is 30.3 Å². The van der Waals surface area contributed by atoms with Crippen LogP contribution >= 0.6 is 0 Å². The summed E-state index contributed by atoms with van der Waals surface area (Å²) in [6.45, 7) is 10.3. The zero-order chi connectivity index (χ0) is 12.1. The van der Waals surface area contributed by atoms with Crippen LogP contribution in [0.2, 0.25) is 0 Å². The maximum Gasteiger partial charge on any atom is 0.318 e. The van der Waals surface area contributed by atoms with Gasteiger partial charge < -0.3 is 14.6 Å². The zero-order valence-corrected chi connectivity index (χ0v) is 10.8. The Hall–Kier alpha value is -1.10. The Morgan fingerprint density at radius 2 is 2.00 bits per heavy atom. The standard InChI is InChI=1S/C11H22N4O/c1-6-15(7-8(2)3)11-14-13-10(16-11)9(4)12-5/h8-9,12H,6-7H2,1-5H3. The average Bonchev–Trinajstić information content (AvgIpc) is 2.73. The molecule has 0 aliphatic heterocycles. The molecular formula is C11H22N4O. The molecule has 92 valence electrons. The molecule has 1 aromatic heterocycles. The molecule has 1 aromatic rings. The highest BCUT2D eigenvalue weighted by Gasteiger charge is 2.16. The van der Waals surface area contributed by atoms with Gasteiger partial charge in [0.2, 0.25) is 5.89 Å². The lowest BCUT2D eigenvalue weighted by atomic mass is 10.2. The fourth-order valence-electron chi connectivity index (χ4n) is 1.44. The number of nitrogens with zero attached hydrogens (tertiary/aromatic N) is 3. The molecule has 1 N–H and O–H groups in total. The molecule has 1 heterocycles. The summed E-state index contributed by atoms with van der Waals surface area (Å²) in [6.07, 6.45) is 0. The van der Waals surface area contributed by atoms with E-state index < -0.39 is 0 Å². The van der Waals surface area contributed by atoms with Gasteiger partial charge in [-0.1, -0.05) is 18.9 Å². The van der Waals surface area contributed by atoms with Gasteiger partial charge in [-0.15, -0.1) is 5.10 Å². The van der Waals surface area contributed by atoms with E-state index in [1.807, 2.05) is 14.0 Å². The molecule has 1 atom stereocenters. The predicted octanol–water partition coefficient (Wildman–Crippen LogP) is 1.83. The number of aromatic nitrogens is 2. The molecule has 0 bridgehead atoms. The minimum absolute atomic E-state index is 0.0963. The summed E-state index contributed by atoms with van der Waals surface area (Å²) in [4.78, 5) is 2.10. The first kappa shape index (κ1) is 13.0. The van der Waals surface area contributed by atoms with Crippen molar-refractivity contribution in [2.24, 2.45) is 5.92 Å². The second-order valence-corrected chi connectivity index (χ2v) is 4.37. The summed E-state index contributed by atoms with van der Waals surface area (Å²) in [6, 6.07) is 0.715. The molecule has 1 rings (SSSR count). The first-order valence-electron chi connectivity index (χ1n) is 5.84. The van der Waals surface area contributed by atoms with Crippen LogP contribution in [0.1, 0.15) is 39.6 Å². The van der Waals surface area contributed by atoms with Crippen molar-refractivity contribution in [2.45, 2.75) is 33.7 Å². The lowest BCUT2D eigenvalue weighted by molar-refractivity contribution is 0.425. The summed E-state index contributed by atoms with van der Waals surface area (Å²) in [5.74, 6) is 1.22. The summed E-state index contributed by atoms with van der Waals surface area (Å²) >= 11 is 0. The van der Waals surface area contributed by atoms with Gasteiger partial charge in [0, 0.05) is 13.1 Å².